The lowest BCUT2D eigenvalue weighted by atomic mass is 9.88. The molecule has 0 aliphatic carbocycles. The lowest BCUT2D eigenvalue weighted by molar-refractivity contribution is -0.124. The number of benzene rings is 3. The minimum Gasteiger partial charge on any atom is -0.497 e. The summed E-state index contributed by atoms with van der Waals surface area (Å²) in [6.07, 6.45) is 1.75. The first-order valence-corrected chi connectivity index (χ1v) is 11.8. The Morgan fingerprint density at radius 3 is 2.49 bits per heavy atom. The molecule has 0 saturated carbocycles. The second-order valence-electron chi connectivity index (χ2n) is 9.26. The van der Waals surface area contributed by atoms with Gasteiger partial charge >= 0.3 is 6.03 Å². The number of pyridine rings is 1. The van der Waals surface area contributed by atoms with Crippen LogP contribution in [0.15, 0.2) is 79.0 Å². The number of hydrogen-bond donors (Lipinski definition) is 3. The molecule has 3 heterocycles. The number of urea groups is 1. The molecule has 1 fully saturated rings. The summed E-state index contributed by atoms with van der Waals surface area (Å²) in [5.74, 6) is 0.100. The molecule has 2 aromatic heterocycles. The number of aryl methyl sites for hydroxylation is 1. The highest BCUT2D eigenvalue weighted by molar-refractivity contribution is 6.07. The molecule has 6 rings (SSSR count). The van der Waals surface area contributed by atoms with Gasteiger partial charge in [-0.3, -0.25) is 15.1 Å². The third-order valence-corrected chi connectivity index (χ3v) is 6.94. The highest BCUT2D eigenvalue weighted by Gasteiger charge is 2.48. The zero-order valence-electron chi connectivity index (χ0n) is 20.3. The smallest absolute Gasteiger partial charge is 0.322 e. The maximum atomic E-state index is 13.2. The van der Waals surface area contributed by atoms with Crippen LogP contribution in [0.2, 0.25) is 0 Å². The van der Waals surface area contributed by atoms with E-state index in [9.17, 15) is 14.7 Å². The fraction of sp³-hybridized carbons (Fsp3) is 0.138. The van der Waals surface area contributed by atoms with Crippen molar-refractivity contribution in [3.05, 3.63) is 90.3 Å². The van der Waals surface area contributed by atoms with Crippen LogP contribution in [-0.4, -0.2) is 33.7 Å². The van der Waals surface area contributed by atoms with E-state index >= 15 is 0 Å². The van der Waals surface area contributed by atoms with Gasteiger partial charge in [-0.25, -0.2) is 4.79 Å². The fourth-order valence-electron chi connectivity index (χ4n) is 5.09. The lowest BCUT2D eigenvalue weighted by Gasteiger charge is -2.27. The predicted molar refractivity (Wildman–Crippen MR) is 140 cm³/mol. The summed E-state index contributed by atoms with van der Waals surface area (Å²) in [6.45, 7) is 1.96. The molecule has 5 aromatic rings. The Morgan fingerprint density at radius 1 is 0.973 bits per heavy atom. The van der Waals surface area contributed by atoms with E-state index in [1.807, 2.05) is 61.5 Å². The van der Waals surface area contributed by atoms with Gasteiger partial charge in [0.1, 0.15) is 5.75 Å². The standard InChI is InChI=1S/C29H24N4O4/c1-17-13-19-5-3-4-6-23(19)25(30-17)18-7-10-21(11-8-18)29(27(35)31-28(36)32-29)16-33-15-20-9-12-22(37-2)14-24(20)26(33)34/h3-15,34H,16H2,1-2H3,(H2,31,32,35,36)/t29-/m0/s1. The van der Waals surface area contributed by atoms with Gasteiger partial charge in [-0.15, -0.1) is 0 Å². The first kappa shape index (κ1) is 22.6. The number of fused-ring (bicyclic) bond motifs is 2. The van der Waals surface area contributed by atoms with Gasteiger partial charge in [-0.2, -0.15) is 0 Å². The minimum absolute atomic E-state index is 0.00161. The molecule has 184 valence electrons. The molecule has 1 aliphatic heterocycles. The Morgan fingerprint density at radius 2 is 1.76 bits per heavy atom. The van der Waals surface area contributed by atoms with Gasteiger partial charge in [-0.05, 0) is 42.1 Å². The summed E-state index contributed by atoms with van der Waals surface area (Å²) in [5, 5.41) is 19.6. The molecule has 8 heteroatoms. The van der Waals surface area contributed by atoms with Crippen molar-refractivity contribution in [3.8, 4) is 22.9 Å². The summed E-state index contributed by atoms with van der Waals surface area (Å²) in [4.78, 5) is 30.3. The minimum atomic E-state index is -1.41. The topological polar surface area (TPSA) is 105 Å². The number of aromatic nitrogens is 2. The molecule has 1 saturated heterocycles. The van der Waals surface area contributed by atoms with Gasteiger partial charge in [0.25, 0.3) is 5.91 Å². The number of rotatable bonds is 5. The van der Waals surface area contributed by atoms with Gasteiger partial charge in [0.05, 0.1) is 19.3 Å². The molecule has 3 N–H and O–H groups in total. The number of methoxy groups -OCH3 is 1. The van der Waals surface area contributed by atoms with Crippen molar-refractivity contribution in [3.63, 3.8) is 0 Å². The Hall–Kier alpha value is -4.85. The monoisotopic (exact) mass is 492 g/mol. The van der Waals surface area contributed by atoms with E-state index in [0.717, 1.165) is 33.1 Å². The zero-order chi connectivity index (χ0) is 25.7. The van der Waals surface area contributed by atoms with E-state index in [1.165, 1.54) is 0 Å². The van der Waals surface area contributed by atoms with Gasteiger partial charge in [0, 0.05) is 33.6 Å². The van der Waals surface area contributed by atoms with Crippen molar-refractivity contribution in [1.29, 1.82) is 0 Å². The van der Waals surface area contributed by atoms with Gasteiger partial charge < -0.3 is 19.7 Å². The molecule has 1 aliphatic rings. The van der Waals surface area contributed by atoms with Crippen molar-refractivity contribution in [2.24, 2.45) is 0 Å². The van der Waals surface area contributed by atoms with E-state index < -0.39 is 17.5 Å². The Bertz CT molecular complexity index is 1710. The summed E-state index contributed by atoms with van der Waals surface area (Å²) >= 11 is 0. The number of hydrogen-bond acceptors (Lipinski definition) is 5. The maximum Gasteiger partial charge on any atom is 0.322 e. The molecule has 0 unspecified atom stereocenters. The van der Waals surface area contributed by atoms with Crippen molar-refractivity contribution in [1.82, 2.24) is 20.2 Å². The number of carbonyl (C=O) groups excluding carboxylic acids is 2. The number of carbonyl (C=O) groups is 2. The van der Waals surface area contributed by atoms with Crippen molar-refractivity contribution < 1.29 is 19.4 Å². The van der Waals surface area contributed by atoms with E-state index in [-0.39, 0.29) is 12.4 Å². The second kappa shape index (κ2) is 8.37. The summed E-state index contributed by atoms with van der Waals surface area (Å²) in [5.41, 5.74) is 1.83. The van der Waals surface area contributed by atoms with Crippen LogP contribution in [0.25, 0.3) is 32.8 Å². The molecule has 1 atom stereocenters. The van der Waals surface area contributed by atoms with Crippen LogP contribution in [0.3, 0.4) is 0 Å². The van der Waals surface area contributed by atoms with Gasteiger partial charge in [-0.1, -0.05) is 48.5 Å². The molecule has 8 nitrogen and oxygen atoms in total. The van der Waals surface area contributed by atoms with Crippen molar-refractivity contribution >= 4 is 33.5 Å². The molecular weight excluding hydrogens is 468 g/mol. The molecular formula is C29H24N4O4. The molecule has 37 heavy (non-hydrogen) atoms. The Labute approximate surface area is 212 Å². The third kappa shape index (κ3) is 3.65. The van der Waals surface area contributed by atoms with E-state index in [1.54, 1.807) is 30.0 Å². The Kier molecular flexibility index (Phi) is 5.12. The normalized spacial score (nSPS) is 17.2. The van der Waals surface area contributed by atoms with E-state index in [2.05, 4.69) is 16.7 Å². The van der Waals surface area contributed by atoms with Crippen LogP contribution in [0.1, 0.15) is 11.3 Å². The highest BCUT2D eigenvalue weighted by atomic mass is 16.5. The quantitative estimate of drug-likeness (QED) is 0.311. The number of nitrogens with zero attached hydrogens (tertiary/aromatic N) is 2. The average Bonchev–Trinajstić information content (AvgIpc) is 3.37. The third-order valence-electron chi connectivity index (χ3n) is 6.94. The lowest BCUT2D eigenvalue weighted by Crippen LogP contribution is -2.47. The number of ether oxygens (including phenoxy) is 1. The van der Waals surface area contributed by atoms with E-state index in [0.29, 0.717) is 16.7 Å². The first-order valence-electron chi connectivity index (χ1n) is 11.8. The number of nitrogens with one attached hydrogen (secondary N) is 2. The second-order valence-corrected chi connectivity index (χ2v) is 9.26. The fourth-order valence-corrected chi connectivity index (χ4v) is 5.09. The Balaban J connectivity index is 1.43. The highest BCUT2D eigenvalue weighted by Crippen LogP contribution is 2.36. The van der Waals surface area contributed by atoms with Crippen LogP contribution < -0.4 is 15.4 Å². The molecule has 0 bridgehead atoms. The van der Waals surface area contributed by atoms with E-state index in [4.69, 9.17) is 9.72 Å². The zero-order valence-corrected chi connectivity index (χ0v) is 20.3. The van der Waals surface area contributed by atoms with Crippen LogP contribution >= 0.6 is 0 Å². The van der Waals surface area contributed by atoms with Gasteiger partial charge in [0.2, 0.25) is 0 Å². The van der Waals surface area contributed by atoms with Crippen molar-refractivity contribution in [2.45, 2.75) is 19.0 Å². The predicted octanol–water partition coefficient (Wildman–Crippen LogP) is 4.61. The summed E-state index contributed by atoms with van der Waals surface area (Å²) in [6, 6.07) is 22.3. The summed E-state index contributed by atoms with van der Waals surface area (Å²) in [7, 11) is 1.56. The number of amides is 3. The van der Waals surface area contributed by atoms with Crippen LogP contribution in [0.4, 0.5) is 4.79 Å². The number of imide groups is 1. The molecule has 0 spiro atoms. The average molecular weight is 493 g/mol. The van der Waals surface area contributed by atoms with Crippen molar-refractivity contribution in [2.75, 3.05) is 7.11 Å². The van der Waals surface area contributed by atoms with Crippen LogP contribution in [0.5, 0.6) is 11.6 Å². The molecule has 0 radical (unpaired) electrons. The number of aromatic hydroxyl groups is 1. The first-order chi connectivity index (χ1) is 17.9. The maximum absolute atomic E-state index is 13.2. The van der Waals surface area contributed by atoms with Crippen LogP contribution in [-0.2, 0) is 16.9 Å². The largest absolute Gasteiger partial charge is 0.497 e. The SMILES string of the molecule is COc1ccc2cn(C[C@@]3(c4ccc(-c5nc(C)cc6ccccc56)cc4)NC(=O)NC3=O)c(O)c2c1. The summed E-state index contributed by atoms with van der Waals surface area (Å²) < 4.78 is 6.84. The molecule has 3 amide bonds. The molecule has 3 aromatic carbocycles. The van der Waals surface area contributed by atoms with Gasteiger partial charge in [0.15, 0.2) is 11.4 Å². The van der Waals surface area contributed by atoms with Crippen LogP contribution in [0, 0.1) is 6.92 Å².